The summed E-state index contributed by atoms with van der Waals surface area (Å²) in [5.74, 6) is 1.20. The molecule has 1 amide bonds. The van der Waals surface area contributed by atoms with Crippen LogP contribution < -0.4 is 10.6 Å². The quantitative estimate of drug-likeness (QED) is 0.766. The van der Waals surface area contributed by atoms with E-state index in [-0.39, 0.29) is 11.8 Å². The average molecular weight is 224 g/mol. The number of hydrogen-bond donors (Lipinski definition) is 2. The van der Waals surface area contributed by atoms with Gasteiger partial charge >= 0.3 is 0 Å². The Bertz CT molecular complexity index is 230. The molecule has 1 aliphatic heterocycles. The summed E-state index contributed by atoms with van der Waals surface area (Å²) in [6, 6.07) is 0.372. The Morgan fingerprint density at radius 3 is 2.62 bits per heavy atom. The van der Waals surface area contributed by atoms with Crippen molar-refractivity contribution < 1.29 is 4.79 Å². The fraction of sp³-hybridized carbons (Fsp3) is 0.923. The Morgan fingerprint density at radius 2 is 2.00 bits per heavy atom. The molecule has 0 aromatic heterocycles. The molecule has 1 heterocycles. The third-order valence-corrected chi connectivity index (χ3v) is 4.14. The van der Waals surface area contributed by atoms with Crippen molar-refractivity contribution in [1.29, 1.82) is 0 Å². The van der Waals surface area contributed by atoms with Gasteiger partial charge in [0, 0.05) is 12.6 Å². The topological polar surface area (TPSA) is 41.1 Å². The third kappa shape index (κ3) is 2.97. The van der Waals surface area contributed by atoms with E-state index in [4.69, 9.17) is 0 Å². The van der Waals surface area contributed by atoms with E-state index in [0.717, 1.165) is 31.8 Å². The molecule has 2 aliphatic rings. The van der Waals surface area contributed by atoms with Crippen LogP contribution in [0.3, 0.4) is 0 Å². The average Bonchev–Trinajstić information content (AvgIpc) is 2.83. The first-order valence-corrected chi connectivity index (χ1v) is 6.78. The first-order chi connectivity index (χ1) is 7.77. The minimum absolute atomic E-state index is 0.206. The van der Waals surface area contributed by atoms with Crippen LogP contribution in [0.5, 0.6) is 0 Å². The third-order valence-electron chi connectivity index (χ3n) is 4.14. The summed E-state index contributed by atoms with van der Waals surface area (Å²) in [6.07, 6.45) is 7.46. The van der Waals surface area contributed by atoms with Crippen molar-refractivity contribution in [2.75, 3.05) is 13.1 Å². The molecule has 2 fully saturated rings. The Hall–Kier alpha value is -0.570. The van der Waals surface area contributed by atoms with Gasteiger partial charge in [-0.3, -0.25) is 4.79 Å². The molecule has 2 unspecified atom stereocenters. The van der Waals surface area contributed by atoms with Crippen molar-refractivity contribution in [2.45, 2.75) is 51.5 Å². The number of carbonyl (C=O) groups excluding carboxylic acids is 1. The summed E-state index contributed by atoms with van der Waals surface area (Å²) in [6.45, 7) is 4.11. The smallest absolute Gasteiger partial charge is 0.224 e. The van der Waals surface area contributed by atoms with Gasteiger partial charge < -0.3 is 10.6 Å². The molecule has 0 radical (unpaired) electrons. The molecule has 1 aliphatic carbocycles. The van der Waals surface area contributed by atoms with Crippen LogP contribution in [0.1, 0.15) is 45.4 Å². The predicted molar refractivity (Wildman–Crippen MR) is 65.2 cm³/mol. The van der Waals surface area contributed by atoms with Crippen molar-refractivity contribution in [1.82, 2.24) is 10.6 Å². The minimum Gasteiger partial charge on any atom is -0.353 e. The zero-order valence-corrected chi connectivity index (χ0v) is 10.3. The van der Waals surface area contributed by atoms with Crippen molar-refractivity contribution in [3.63, 3.8) is 0 Å². The molecule has 0 bridgehead atoms. The number of carbonyl (C=O) groups is 1. The maximum absolute atomic E-state index is 12.0. The van der Waals surface area contributed by atoms with E-state index < -0.39 is 0 Å². The van der Waals surface area contributed by atoms with E-state index in [1.807, 2.05) is 0 Å². The van der Waals surface area contributed by atoms with Crippen LogP contribution in [0.15, 0.2) is 0 Å². The normalized spacial score (nSPS) is 28.9. The molecule has 2 atom stereocenters. The van der Waals surface area contributed by atoms with Crippen molar-refractivity contribution >= 4 is 5.91 Å². The molecule has 3 heteroatoms. The van der Waals surface area contributed by atoms with Crippen LogP contribution in [-0.2, 0) is 4.79 Å². The van der Waals surface area contributed by atoms with Crippen LogP contribution in [0, 0.1) is 11.8 Å². The van der Waals surface area contributed by atoms with Gasteiger partial charge in [-0.05, 0) is 45.1 Å². The lowest BCUT2D eigenvalue weighted by molar-refractivity contribution is -0.126. The summed E-state index contributed by atoms with van der Waals surface area (Å²) in [5, 5.41) is 6.51. The fourth-order valence-electron chi connectivity index (χ4n) is 2.99. The molecule has 1 saturated carbocycles. The van der Waals surface area contributed by atoms with Gasteiger partial charge in [0.05, 0.1) is 5.92 Å². The molecule has 1 saturated heterocycles. The highest BCUT2D eigenvalue weighted by molar-refractivity contribution is 5.79. The summed E-state index contributed by atoms with van der Waals surface area (Å²) < 4.78 is 0. The van der Waals surface area contributed by atoms with Gasteiger partial charge in [-0.15, -0.1) is 0 Å². The Labute approximate surface area is 98.4 Å². The number of piperidine rings is 1. The summed E-state index contributed by atoms with van der Waals surface area (Å²) in [4.78, 5) is 12.0. The van der Waals surface area contributed by atoms with Gasteiger partial charge in [0.15, 0.2) is 0 Å². The maximum atomic E-state index is 12.0. The molecule has 0 spiro atoms. The van der Waals surface area contributed by atoms with E-state index in [9.17, 15) is 4.79 Å². The highest BCUT2D eigenvalue weighted by Gasteiger charge is 2.26. The van der Waals surface area contributed by atoms with Crippen molar-refractivity contribution in [2.24, 2.45) is 11.8 Å². The van der Waals surface area contributed by atoms with E-state index in [2.05, 4.69) is 17.6 Å². The standard InChI is InChI=1S/C13H24N2O/c1-10(11-5-2-3-6-11)15-13(16)12-7-4-8-14-9-12/h10-12,14H,2-9H2,1H3,(H,15,16). The summed E-state index contributed by atoms with van der Waals surface area (Å²) >= 11 is 0. The highest BCUT2D eigenvalue weighted by Crippen LogP contribution is 2.27. The number of amides is 1. The molecule has 0 aromatic carbocycles. The van der Waals surface area contributed by atoms with Crippen molar-refractivity contribution in [3.05, 3.63) is 0 Å². The van der Waals surface area contributed by atoms with Gasteiger partial charge in [0.2, 0.25) is 5.91 Å². The monoisotopic (exact) mass is 224 g/mol. The zero-order chi connectivity index (χ0) is 11.4. The zero-order valence-electron chi connectivity index (χ0n) is 10.3. The van der Waals surface area contributed by atoms with E-state index in [1.165, 1.54) is 25.7 Å². The lowest BCUT2D eigenvalue weighted by atomic mass is 9.96. The first kappa shape index (κ1) is 11.9. The Kier molecular flexibility index (Phi) is 4.22. The van der Waals surface area contributed by atoms with Crippen LogP contribution >= 0.6 is 0 Å². The van der Waals surface area contributed by atoms with Gasteiger partial charge in [0.1, 0.15) is 0 Å². The largest absolute Gasteiger partial charge is 0.353 e. The SMILES string of the molecule is CC(NC(=O)C1CCCNC1)C1CCCC1. The van der Waals surface area contributed by atoms with Crippen molar-refractivity contribution in [3.8, 4) is 0 Å². The van der Waals surface area contributed by atoms with Crippen LogP contribution in [0.25, 0.3) is 0 Å². The van der Waals surface area contributed by atoms with Gasteiger partial charge in [-0.2, -0.15) is 0 Å². The lowest BCUT2D eigenvalue weighted by Gasteiger charge is -2.26. The first-order valence-electron chi connectivity index (χ1n) is 6.78. The number of hydrogen-bond acceptors (Lipinski definition) is 2. The van der Waals surface area contributed by atoms with E-state index in [0.29, 0.717) is 6.04 Å². The van der Waals surface area contributed by atoms with Gasteiger partial charge in [-0.1, -0.05) is 12.8 Å². The Morgan fingerprint density at radius 1 is 1.25 bits per heavy atom. The predicted octanol–water partition coefficient (Wildman–Crippen LogP) is 1.68. The summed E-state index contributed by atoms with van der Waals surface area (Å²) in [5.41, 5.74) is 0. The Balaban J connectivity index is 1.76. The molecule has 2 rings (SSSR count). The molecular weight excluding hydrogens is 200 g/mol. The second-order valence-electron chi connectivity index (χ2n) is 5.39. The summed E-state index contributed by atoms with van der Waals surface area (Å²) in [7, 11) is 0. The highest BCUT2D eigenvalue weighted by atomic mass is 16.2. The fourth-order valence-corrected chi connectivity index (χ4v) is 2.99. The van der Waals surface area contributed by atoms with E-state index >= 15 is 0 Å². The van der Waals surface area contributed by atoms with Crippen LogP contribution in [0.4, 0.5) is 0 Å². The second kappa shape index (κ2) is 5.67. The molecule has 0 aromatic rings. The maximum Gasteiger partial charge on any atom is 0.224 e. The van der Waals surface area contributed by atoms with Gasteiger partial charge in [-0.25, -0.2) is 0 Å². The second-order valence-corrected chi connectivity index (χ2v) is 5.39. The molecular formula is C13H24N2O. The van der Waals surface area contributed by atoms with E-state index in [1.54, 1.807) is 0 Å². The molecule has 3 nitrogen and oxygen atoms in total. The molecule has 16 heavy (non-hydrogen) atoms. The molecule has 2 N–H and O–H groups in total. The number of nitrogens with one attached hydrogen (secondary N) is 2. The lowest BCUT2D eigenvalue weighted by Crippen LogP contribution is -2.45. The van der Waals surface area contributed by atoms with Crippen LogP contribution in [0.2, 0.25) is 0 Å². The number of rotatable bonds is 3. The molecule has 92 valence electrons. The van der Waals surface area contributed by atoms with Gasteiger partial charge in [0.25, 0.3) is 0 Å². The van der Waals surface area contributed by atoms with Crippen LogP contribution in [-0.4, -0.2) is 25.0 Å². The minimum atomic E-state index is 0.206.